The van der Waals surface area contributed by atoms with Crippen LogP contribution < -0.4 is 5.32 Å². The molecular weight excluding hydrogens is 221 g/mol. The van der Waals surface area contributed by atoms with Gasteiger partial charge in [0, 0.05) is 18.1 Å². The second-order valence-corrected chi connectivity index (χ2v) is 3.76. The fraction of sp³-hybridized carbons (Fsp3) is 0.167. The summed E-state index contributed by atoms with van der Waals surface area (Å²) in [6.07, 6.45) is 0. The Morgan fingerprint density at radius 1 is 1.47 bits per heavy atom. The van der Waals surface area contributed by atoms with Gasteiger partial charge >= 0.3 is 0 Å². The average Bonchev–Trinajstić information content (AvgIpc) is 2.60. The number of H-pyrrole nitrogens is 1. The third-order valence-corrected chi connectivity index (χ3v) is 2.42. The molecule has 0 unspecified atom stereocenters. The van der Waals surface area contributed by atoms with Crippen LogP contribution in [0.1, 0.15) is 12.5 Å². The number of halogens is 1. The van der Waals surface area contributed by atoms with Crippen LogP contribution in [0.25, 0.3) is 11.3 Å². The molecule has 0 aliphatic carbocycles. The van der Waals surface area contributed by atoms with Crippen molar-refractivity contribution in [3.63, 3.8) is 0 Å². The molecule has 4 nitrogen and oxygen atoms in total. The average molecular weight is 233 g/mol. The third-order valence-electron chi connectivity index (χ3n) is 2.42. The Hall–Kier alpha value is -2.17. The minimum atomic E-state index is -0.308. The Bertz CT molecular complexity index is 563. The zero-order valence-corrected chi connectivity index (χ0v) is 9.54. The van der Waals surface area contributed by atoms with Crippen LogP contribution in [0.5, 0.6) is 0 Å². The van der Waals surface area contributed by atoms with E-state index in [0.717, 1.165) is 5.56 Å². The first-order chi connectivity index (χ1) is 8.08. The topological polar surface area (TPSA) is 57.8 Å². The van der Waals surface area contributed by atoms with Gasteiger partial charge in [-0.3, -0.25) is 9.89 Å². The maximum Gasteiger partial charge on any atom is 0.222 e. The van der Waals surface area contributed by atoms with Crippen molar-refractivity contribution in [3.8, 4) is 11.3 Å². The van der Waals surface area contributed by atoms with Gasteiger partial charge in [-0.2, -0.15) is 5.10 Å². The summed E-state index contributed by atoms with van der Waals surface area (Å²) in [5.41, 5.74) is 2.19. The van der Waals surface area contributed by atoms with Crippen LogP contribution in [0.4, 0.5) is 10.2 Å². The number of carbonyl (C=O) groups is 1. The van der Waals surface area contributed by atoms with E-state index in [4.69, 9.17) is 0 Å². The fourth-order valence-electron chi connectivity index (χ4n) is 1.61. The van der Waals surface area contributed by atoms with Gasteiger partial charge in [-0.25, -0.2) is 4.39 Å². The van der Waals surface area contributed by atoms with E-state index in [2.05, 4.69) is 15.5 Å². The SMILES string of the molecule is CC(=O)Nc1n[nH]c(-c2cccc(F)c2)c1C. The highest BCUT2D eigenvalue weighted by molar-refractivity contribution is 5.89. The molecule has 2 rings (SSSR count). The Labute approximate surface area is 97.9 Å². The van der Waals surface area contributed by atoms with Crippen molar-refractivity contribution in [2.75, 3.05) is 5.32 Å². The highest BCUT2D eigenvalue weighted by Crippen LogP contribution is 2.26. The van der Waals surface area contributed by atoms with Gasteiger partial charge < -0.3 is 5.32 Å². The largest absolute Gasteiger partial charge is 0.309 e. The predicted octanol–water partition coefficient (Wildman–Crippen LogP) is 2.48. The van der Waals surface area contributed by atoms with Crippen molar-refractivity contribution < 1.29 is 9.18 Å². The summed E-state index contributed by atoms with van der Waals surface area (Å²) in [6, 6.07) is 6.20. The molecule has 0 saturated carbocycles. The van der Waals surface area contributed by atoms with Crippen LogP contribution in [0.2, 0.25) is 0 Å². The van der Waals surface area contributed by atoms with Crippen molar-refractivity contribution in [1.29, 1.82) is 0 Å². The van der Waals surface area contributed by atoms with Crippen LogP contribution >= 0.6 is 0 Å². The summed E-state index contributed by atoms with van der Waals surface area (Å²) in [6.45, 7) is 3.23. The third kappa shape index (κ3) is 2.33. The van der Waals surface area contributed by atoms with Crippen molar-refractivity contribution >= 4 is 11.7 Å². The lowest BCUT2D eigenvalue weighted by molar-refractivity contribution is -0.114. The molecule has 1 amide bonds. The first-order valence-corrected chi connectivity index (χ1v) is 5.16. The standard InChI is InChI=1S/C12H12FN3O/c1-7-11(9-4-3-5-10(13)6-9)15-16-12(7)14-8(2)17/h3-6H,1-2H3,(H2,14,15,16,17). The Balaban J connectivity index is 2.40. The summed E-state index contributed by atoms with van der Waals surface area (Å²) < 4.78 is 13.1. The maximum atomic E-state index is 13.1. The summed E-state index contributed by atoms with van der Waals surface area (Å²) >= 11 is 0. The molecule has 0 aliphatic rings. The monoisotopic (exact) mass is 233 g/mol. The van der Waals surface area contributed by atoms with Crippen LogP contribution in [0.15, 0.2) is 24.3 Å². The van der Waals surface area contributed by atoms with Gasteiger partial charge in [-0.15, -0.1) is 0 Å². The summed E-state index contributed by atoms with van der Waals surface area (Å²) in [7, 11) is 0. The van der Waals surface area contributed by atoms with Gasteiger partial charge in [0.15, 0.2) is 5.82 Å². The minimum Gasteiger partial charge on any atom is -0.309 e. The number of benzene rings is 1. The van der Waals surface area contributed by atoms with E-state index in [0.29, 0.717) is 17.1 Å². The van der Waals surface area contributed by atoms with E-state index < -0.39 is 0 Å². The molecule has 2 aromatic rings. The molecule has 2 N–H and O–H groups in total. The van der Waals surface area contributed by atoms with Crippen LogP contribution in [0, 0.1) is 12.7 Å². The zero-order chi connectivity index (χ0) is 12.4. The molecule has 0 fully saturated rings. The Kier molecular flexibility index (Phi) is 2.91. The molecule has 0 bridgehead atoms. The molecule has 0 atom stereocenters. The lowest BCUT2D eigenvalue weighted by atomic mass is 10.1. The van der Waals surface area contributed by atoms with Crippen LogP contribution in [-0.2, 0) is 4.79 Å². The Morgan fingerprint density at radius 2 is 2.24 bits per heavy atom. The summed E-state index contributed by atoms with van der Waals surface area (Å²) in [5.74, 6) is -0.0280. The van der Waals surface area contributed by atoms with E-state index in [1.807, 2.05) is 6.92 Å². The lowest BCUT2D eigenvalue weighted by Gasteiger charge is -2.01. The first kappa shape index (κ1) is 11.3. The van der Waals surface area contributed by atoms with E-state index in [1.54, 1.807) is 12.1 Å². The number of anilines is 1. The highest BCUT2D eigenvalue weighted by Gasteiger charge is 2.11. The van der Waals surface area contributed by atoms with Gasteiger partial charge in [0.1, 0.15) is 5.82 Å². The van der Waals surface area contributed by atoms with Crippen molar-refractivity contribution in [3.05, 3.63) is 35.6 Å². The van der Waals surface area contributed by atoms with Crippen LogP contribution in [0.3, 0.4) is 0 Å². The summed E-state index contributed by atoms with van der Waals surface area (Å²) in [4.78, 5) is 10.9. The number of nitrogens with one attached hydrogen (secondary N) is 2. The quantitative estimate of drug-likeness (QED) is 0.837. The minimum absolute atomic E-state index is 0.189. The van der Waals surface area contributed by atoms with E-state index >= 15 is 0 Å². The molecule has 88 valence electrons. The van der Waals surface area contributed by atoms with Crippen LogP contribution in [-0.4, -0.2) is 16.1 Å². The molecule has 17 heavy (non-hydrogen) atoms. The molecule has 5 heteroatoms. The number of aromatic nitrogens is 2. The molecule has 0 saturated heterocycles. The zero-order valence-electron chi connectivity index (χ0n) is 9.54. The van der Waals surface area contributed by atoms with Gasteiger partial charge in [0.2, 0.25) is 5.91 Å². The first-order valence-electron chi connectivity index (χ1n) is 5.16. The molecule has 0 radical (unpaired) electrons. The van der Waals surface area contributed by atoms with E-state index in [-0.39, 0.29) is 11.7 Å². The molecule has 0 aliphatic heterocycles. The number of aromatic amines is 1. The summed E-state index contributed by atoms with van der Waals surface area (Å²) in [5, 5.41) is 9.38. The number of nitrogens with zero attached hydrogens (tertiary/aromatic N) is 1. The van der Waals surface area contributed by atoms with E-state index in [1.165, 1.54) is 19.1 Å². The highest BCUT2D eigenvalue weighted by atomic mass is 19.1. The molecule has 1 aromatic heterocycles. The number of hydrogen-bond acceptors (Lipinski definition) is 2. The second-order valence-electron chi connectivity index (χ2n) is 3.76. The van der Waals surface area contributed by atoms with Gasteiger partial charge in [0.25, 0.3) is 0 Å². The van der Waals surface area contributed by atoms with Gasteiger partial charge in [-0.05, 0) is 19.1 Å². The normalized spacial score (nSPS) is 10.3. The number of hydrogen-bond donors (Lipinski definition) is 2. The molecular formula is C12H12FN3O. The smallest absolute Gasteiger partial charge is 0.222 e. The number of amides is 1. The van der Waals surface area contributed by atoms with Crippen molar-refractivity contribution in [1.82, 2.24) is 10.2 Å². The van der Waals surface area contributed by atoms with Gasteiger partial charge in [-0.1, -0.05) is 12.1 Å². The van der Waals surface area contributed by atoms with Gasteiger partial charge in [0.05, 0.1) is 5.69 Å². The number of carbonyl (C=O) groups excluding carboxylic acids is 1. The second kappa shape index (κ2) is 4.37. The number of rotatable bonds is 2. The maximum absolute atomic E-state index is 13.1. The van der Waals surface area contributed by atoms with Crippen molar-refractivity contribution in [2.45, 2.75) is 13.8 Å². The van der Waals surface area contributed by atoms with Crippen molar-refractivity contribution in [2.24, 2.45) is 0 Å². The molecule has 1 heterocycles. The van der Waals surface area contributed by atoms with E-state index in [9.17, 15) is 9.18 Å². The molecule has 1 aromatic carbocycles. The molecule has 0 spiro atoms. The fourth-order valence-corrected chi connectivity index (χ4v) is 1.61. The lowest BCUT2D eigenvalue weighted by Crippen LogP contribution is -2.06. The Morgan fingerprint density at radius 3 is 2.88 bits per heavy atom. The predicted molar refractivity (Wildman–Crippen MR) is 63.0 cm³/mol.